The summed E-state index contributed by atoms with van der Waals surface area (Å²) in [5.74, 6) is 0. The summed E-state index contributed by atoms with van der Waals surface area (Å²) in [4.78, 5) is 8.46. The zero-order valence-corrected chi connectivity index (χ0v) is 14.1. The highest BCUT2D eigenvalue weighted by Crippen LogP contribution is 2.27. The van der Waals surface area contributed by atoms with Crippen LogP contribution in [0.2, 0.25) is 0 Å². The molecule has 2 heteroatoms. The van der Waals surface area contributed by atoms with Crippen molar-refractivity contribution in [2.45, 2.75) is 6.92 Å². The molecule has 0 N–H and O–H groups in total. The highest BCUT2D eigenvalue weighted by molar-refractivity contribution is 5.73. The van der Waals surface area contributed by atoms with Crippen LogP contribution >= 0.6 is 0 Å². The fourth-order valence-electron chi connectivity index (χ4n) is 2.96. The third-order valence-corrected chi connectivity index (χ3v) is 4.31. The lowest BCUT2D eigenvalue weighted by Crippen LogP contribution is -1.84. The lowest BCUT2D eigenvalue weighted by atomic mass is 9.99. The average Bonchev–Trinajstić information content (AvgIpc) is 2.69. The number of benzene rings is 2. The van der Waals surface area contributed by atoms with Crippen LogP contribution in [0.25, 0.3) is 33.4 Å². The lowest BCUT2D eigenvalue weighted by molar-refractivity contribution is 1.27. The van der Waals surface area contributed by atoms with Crippen molar-refractivity contribution >= 4 is 0 Å². The molecule has 4 rings (SSSR count). The maximum Gasteiger partial charge on any atom is 0.0346 e. The van der Waals surface area contributed by atoms with Crippen molar-refractivity contribution in [3.63, 3.8) is 0 Å². The Labute approximate surface area is 147 Å². The predicted octanol–water partition coefficient (Wildman–Crippen LogP) is 5.79. The molecular weight excluding hydrogens is 304 g/mol. The fraction of sp³-hybridized carbons (Fsp3) is 0.0435. The molecule has 0 amide bonds. The quantitative estimate of drug-likeness (QED) is 0.477. The van der Waals surface area contributed by atoms with Crippen molar-refractivity contribution in [2.24, 2.45) is 0 Å². The maximum atomic E-state index is 4.27. The summed E-state index contributed by atoms with van der Waals surface area (Å²) in [6.07, 6.45) is 7.47. The Bertz CT molecular complexity index is 972. The van der Waals surface area contributed by atoms with Crippen molar-refractivity contribution in [3.05, 3.63) is 97.1 Å². The lowest BCUT2D eigenvalue weighted by Gasteiger charge is -2.07. The molecule has 0 atom stereocenters. The van der Waals surface area contributed by atoms with Gasteiger partial charge in [0.05, 0.1) is 0 Å². The number of aryl methyl sites for hydroxylation is 1. The molecule has 0 saturated heterocycles. The molecule has 0 radical (unpaired) electrons. The van der Waals surface area contributed by atoms with E-state index in [1.807, 2.05) is 24.7 Å². The molecule has 0 aliphatic heterocycles. The van der Waals surface area contributed by atoms with Crippen LogP contribution in [0, 0.1) is 6.92 Å². The predicted molar refractivity (Wildman–Crippen MR) is 103 cm³/mol. The number of pyridine rings is 2. The normalized spacial score (nSPS) is 10.6. The van der Waals surface area contributed by atoms with Crippen LogP contribution in [0.3, 0.4) is 0 Å². The highest BCUT2D eigenvalue weighted by atomic mass is 14.6. The van der Waals surface area contributed by atoms with E-state index in [1.165, 1.54) is 27.8 Å². The SMILES string of the molecule is Cc1cncc(-c2ccc(-c3ccc(-c4cccnc4)cc3)cc2)c1. The largest absolute Gasteiger partial charge is 0.264 e. The van der Waals surface area contributed by atoms with Gasteiger partial charge >= 0.3 is 0 Å². The summed E-state index contributed by atoms with van der Waals surface area (Å²) >= 11 is 0. The summed E-state index contributed by atoms with van der Waals surface area (Å²) in [6.45, 7) is 2.06. The number of rotatable bonds is 3. The average molecular weight is 322 g/mol. The van der Waals surface area contributed by atoms with Crippen LogP contribution in [-0.4, -0.2) is 9.97 Å². The Kier molecular flexibility index (Phi) is 4.09. The van der Waals surface area contributed by atoms with Gasteiger partial charge in [0.1, 0.15) is 0 Å². The summed E-state index contributed by atoms with van der Waals surface area (Å²) in [5, 5.41) is 0. The van der Waals surface area contributed by atoms with Crippen molar-refractivity contribution < 1.29 is 0 Å². The Hall–Kier alpha value is -3.26. The molecule has 4 aromatic rings. The first kappa shape index (κ1) is 15.3. The Morgan fingerprint density at radius 3 is 1.56 bits per heavy atom. The van der Waals surface area contributed by atoms with E-state index in [4.69, 9.17) is 0 Å². The molecule has 0 saturated carbocycles. The number of hydrogen-bond acceptors (Lipinski definition) is 2. The van der Waals surface area contributed by atoms with E-state index in [0.717, 1.165) is 11.1 Å². The van der Waals surface area contributed by atoms with E-state index in [0.29, 0.717) is 0 Å². The Balaban J connectivity index is 1.60. The molecule has 0 unspecified atom stereocenters. The minimum atomic E-state index is 1.14. The first-order valence-electron chi connectivity index (χ1n) is 8.32. The summed E-state index contributed by atoms with van der Waals surface area (Å²) in [5.41, 5.74) is 8.25. The Morgan fingerprint density at radius 2 is 1.04 bits per heavy atom. The Morgan fingerprint density at radius 1 is 0.520 bits per heavy atom. The van der Waals surface area contributed by atoms with Gasteiger partial charge in [-0.3, -0.25) is 9.97 Å². The van der Waals surface area contributed by atoms with Gasteiger partial charge in [-0.15, -0.1) is 0 Å². The van der Waals surface area contributed by atoms with Gasteiger partial charge in [0.2, 0.25) is 0 Å². The summed E-state index contributed by atoms with van der Waals surface area (Å²) in [7, 11) is 0. The van der Waals surface area contributed by atoms with Crippen molar-refractivity contribution in [1.82, 2.24) is 9.97 Å². The molecular formula is C23H18N2. The molecule has 2 nitrogen and oxygen atoms in total. The summed E-state index contributed by atoms with van der Waals surface area (Å²) < 4.78 is 0. The number of hydrogen-bond donors (Lipinski definition) is 0. The van der Waals surface area contributed by atoms with Crippen LogP contribution in [0.1, 0.15) is 5.56 Å². The molecule has 2 heterocycles. The number of aromatic nitrogens is 2. The second kappa shape index (κ2) is 6.70. The zero-order valence-electron chi connectivity index (χ0n) is 14.1. The van der Waals surface area contributed by atoms with Crippen molar-refractivity contribution in [2.75, 3.05) is 0 Å². The van der Waals surface area contributed by atoms with Gasteiger partial charge in [-0.25, -0.2) is 0 Å². The molecule has 25 heavy (non-hydrogen) atoms. The van der Waals surface area contributed by atoms with E-state index in [2.05, 4.69) is 77.6 Å². The minimum Gasteiger partial charge on any atom is -0.264 e. The topological polar surface area (TPSA) is 25.8 Å². The first-order valence-corrected chi connectivity index (χ1v) is 8.32. The van der Waals surface area contributed by atoms with Crippen LogP contribution < -0.4 is 0 Å². The fourth-order valence-corrected chi connectivity index (χ4v) is 2.96. The third-order valence-electron chi connectivity index (χ3n) is 4.31. The smallest absolute Gasteiger partial charge is 0.0346 e. The second-order valence-corrected chi connectivity index (χ2v) is 6.15. The zero-order chi connectivity index (χ0) is 17.1. The van der Waals surface area contributed by atoms with Gasteiger partial charge in [0, 0.05) is 30.4 Å². The van der Waals surface area contributed by atoms with Gasteiger partial charge in [0.15, 0.2) is 0 Å². The minimum absolute atomic E-state index is 1.14. The summed E-state index contributed by atoms with van der Waals surface area (Å²) in [6, 6.07) is 23.4. The van der Waals surface area contributed by atoms with E-state index in [1.54, 1.807) is 6.20 Å². The van der Waals surface area contributed by atoms with E-state index in [-0.39, 0.29) is 0 Å². The van der Waals surface area contributed by atoms with Gasteiger partial charge in [-0.05, 0) is 52.4 Å². The van der Waals surface area contributed by atoms with Crippen LogP contribution in [-0.2, 0) is 0 Å². The first-order chi connectivity index (χ1) is 12.3. The van der Waals surface area contributed by atoms with Gasteiger partial charge in [-0.1, -0.05) is 54.6 Å². The van der Waals surface area contributed by atoms with Crippen molar-refractivity contribution in [3.8, 4) is 33.4 Å². The van der Waals surface area contributed by atoms with Crippen LogP contribution in [0.15, 0.2) is 91.5 Å². The second-order valence-electron chi connectivity index (χ2n) is 6.15. The molecule has 2 aromatic carbocycles. The molecule has 0 aliphatic carbocycles. The van der Waals surface area contributed by atoms with Crippen molar-refractivity contribution in [1.29, 1.82) is 0 Å². The molecule has 0 aliphatic rings. The monoisotopic (exact) mass is 322 g/mol. The van der Waals surface area contributed by atoms with E-state index in [9.17, 15) is 0 Å². The van der Waals surface area contributed by atoms with Gasteiger partial charge in [0.25, 0.3) is 0 Å². The van der Waals surface area contributed by atoms with Crippen LogP contribution in [0.4, 0.5) is 0 Å². The van der Waals surface area contributed by atoms with E-state index >= 15 is 0 Å². The highest BCUT2D eigenvalue weighted by Gasteiger charge is 2.02. The molecule has 120 valence electrons. The molecule has 0 bridgehead atoms. The van der Waals surface area contributed by atoms with Gasteiger partial charge < -0.3 is 0 Å². The standard InChI is InChI=1S/C23H18N2/c1-17-13-23(16-25-14-17)21-10-6-19(7-11-21)18-4-8-20(9-5-18)22-3-2-12-24-15-22/h2-16H,1H3. The molecule has 0 fully saturated rings. The molecule has 0 spiro atoms. The molecule has 2 aromatic heterocycles. The van der Waals surface area contributed by atoms with E-state index < -0.39 is 0 Å². The van der Waals surface area contributed by atoms with Gasteiger partial charge in [-0.2, -0.15) is 0 Å². The third kappa shape index (κ3) is 3.33. The maximum absolute atomic E-state index is 4.27. The number of nitrogens with zero attached hydrogens (tertiary/aromatic N) is 2. The van der Waals surface area contributed by atoms with Crippen LogP contribution in [0.5, 0.6) is 0 Å².